The van der Waals surface area contributed by atoms with Crippen LogP contribution >= 0.6 is 11.3 Å². The van der Waals surface area contributed by atoms with Crippen molar-refractivity contribution in [3.05, 3.63) is 54.1 Å². The molecule has 2 amide bonds. The number of thiazole rings is 1. The van der Waals surface area contributed by atoms with Gasteiger partial charge in [-0.15, -0.1) is 0 Å². The van der Waals surface area contributed by atoms with Crippen molar-refractivity contribution in [1.82, 2.24) is 9.88 Å². The van der Waals surface area contributed by atoms with Gasteiger partial charge in [0.15, 0.2) is 11.7 Å². The first-order valence-electron chi connectivity index (χ1n) is 8.78. The average Bonchev–Trinajstić information content (AvgIpc) is 3.09. The lowest BCUT2D eigenvalue weighted by molar-refractivity contribution is -0.118. The maximum atomic E-state index is 12.3. The molecule has 0 saturated heterocycles. The first-order chi connectivity index (χ1) is 13.1. The van der Waals surface area contributed by atoms with Crippen LogP contribution in [0.1, 0.15) is 24.2 Å². The zero-order valence-electron chi connectivity index (χ0n) is 15.3. The molecule has 0 radical (unpaired) electrons. The quantitative estimate of drug-likeness (QED) is 0.674. The number of hydrogen-bond donors (Lipinski definition) is 1. The molecule has 1 aromatic heterocycles. The number of hydrogen-bond acceptors (Lipinski definition) is 5. The summed E-state index contributed by atoms with van der Waals surface area (Å²) in [5.41, 5.74) is 1.46. The molecule has 6 nitrogen and oxygen atoms in total. The van der Waals surface area contributed by atoms with Crippen LogP contribution in [0.25, 0.3) is 10.2 Å². The Morgan fingerprint density at radius 2 is 1.78 bits per heavy atom. The molecule has 1 N–H and O–H groups in total. The second kappa shape index (κ2) is 8.64. The van der Waals surface area contributed by atoms with Crippen LogP contribution in [-0.4, -0.2) is 41.4 Å². The molecular formula is C20H21N3O3S. The molecule has 0 aliphatic rings. The van der Waals surface area contributed by atoms with E-state index in [2.05, 4.69) is 10.3 Å². The topological polar surface area (TPSA) is 71.5 Å². The third-order valence-electron chi connectivity index (χ3n) is 4.06. The Kier molecular flexibility index (Phi) is 6.03. The zero-order valence-corrected chi connectivity index (χ0v) is 16.1. The van der Waals surface area contributed by atoms with Crippen molar-refractivity contribution in [2.75, 3.05) is 25.0 Å². The first kappa shape index (κ1) is 18.8. The standard InChI is InChI=1S/C20H21N3O3S/c1-3-23(4-2)19(25)14-9-11-15(12-10-14)26-13-18(24)22-20-21-16-7-5-6-8-17(16)27-20/h5-12H,3-4,13H2,1-2H3,(H,21,22,24). The molecule has 0 atom stereocenters. The van der Waals surface area contributed by atoms with Crippen LogP contribution in [0.5, 0.6) is 5.75 Å². The molecule has 0 aliphatic carbocycles. The Hall–Kier alpha value is -2.93. The Labute approximate surface area is 161 Å². The fraction of sp³-hybridized carbons (Fsp3) is 0.250. The number of nitrogens with zero attached hydrogens (tertiary/aromatic N) is 2. The van der Waals surface area contributed by atoms with Crippen LogP contribution in [0, 0.1) is 0 Å². The van der Waals surface area contributed by atoms with E-state index in [0.29, 0.717) is 29.5 Å². The summed E-state index contributed by atoms with van der Waals surface area (Å²) in [4.78, 5) is 30.5. The van der Waals surface area contributed by atoms with Gasteiger partial charge in [-0.3, -0.25) is 14.9 Å². The molecular weight excluding hydrogens is 362 g/mol. The van der Waals surface area contributed by atoms with Crippen molar-refractivity contribution >= 4 is 38.5 Å². The molecule has 140 valence electrons. The minimum absolute atomic E-state index is 0.0138. The fourth-order valence-electron chi connectivity index (χ4n) is 2.62. The highest BCUT2D eigenvalue weighted by atomic mass is 32.1. The summed E-state index contributed by atoms with van der Waals surface area (Å²) in [7, 11) is 0. The number of carbonyl (C=O) groups is 2. The summed E-state index contributed by atoms with van der Waals surface area (Å²) >= 11 is 1.42. The van der Waals surface area contributed by atoms with Crippen LogP contribution in [-0.2, 0) is 4.79 Å². The number of ether oxygens (including phenoxy) is 1. The summed E-state index contributed by atoms with van der Waals surface area (Å²) in [5.74, 6) is 0.239. The maximum absolute atomic E-state index is 12.3. The number of amides is 2. The minimum atomic E-state index is -0.280. The van der Waals surface area contributed by atoms with Crippen LogP contribution in [0.3, 0.4) is 0 Å². The lowest BCUT2D eigenvalue weighted by Crippen LogP contribution is -2.30. The molecule has 2 aromatic carbocycles. The highest BCUT2D eigenvalue weighted by Crippen LogP contribution is 2.25. The van der Waals surface area contributed by atoms with Gasteiger partial charge < -0.3 is 9.64 Å². The molecule has 3 aromatic rings. The molecule has 0 unspecified atom stereocenters. The van der Waals surface area contributed by atoms with Gasteiger partial charge in [0.25, 0.3) is 11.8 Å². The average molecular weight is 383 g/mol. The number of carbonyl (C=O) groups excluding carboxylic acids is 2. The normalized spacial score (nSPS) is 10.6. The maximum Gasteiger partial charge on any atom is 0.264 e. The second-order valence-corrected chi connectivity index (χ2v) is 6.86. The monoisotopic (exact) mass is 383 g/mol. The third kappa shape index (κ3) is 4.62. The van der Waals surface area contributed by atoms with Gasteiger partial charge in [0.1, 0.15) is 5.75 Å². The number of benzene rings is 2. The van der Waals surface area contributed by atoms with Crippen molar-refractivity contribution in [3.63, 3.8) is 0 Å². The Morgan fingerprint density at radius 1 is 1.07 bits per heavy atom. The van der Waals surface area contributed by atoms with Gasteiger partial charge in [0.05, 0.1) is 10.2 Å². The van der Waals surface area contributed by atoms with E-state index < -0.39 is 0 Å². The van der Waals surface area contributed by atoms with Gasteiger partial charge in [-0.05, 0) is 50.2 Å². The minimum Gasteiger partial charge on any atom is -0.484 e. The number of rotatable bonds is 7. The summed E-state index contributed by atoms with van der Waals surface area (Å²) < 4.78 is 6.52. The number of para-hydroxylation sites is 1. The van der Waals surface area contributed by atoms with Crippen molar-refractivity contribution in [2.24, 2.45) is 0 Å². The third-order valence-corrected chi connectivity index (χ3v) is 5.01. The van der Waals surface area contributed by atoms with E-state index in [1.54, 1.807) is 29.2 Å². The highest BCUT2D eigenvalue weighted by molar-refractivity contribution is 7.22. The van der Waals surface area contributed by atoms with Gasteiger partial charge in [0, 0.05) is 18.7 Å². The number of nitrogens with one attached hydrogen (secondary N) is 1. The van der Waals surface area contributed by atoms with E-state index in [1.807, 2.05) is 38.1 Å². The lowest BCUT2D eigenvalue weighted by atomic mass is 10.2. The van der Waals surface area contributed by atoms with Crippen LogP contribution in [0.2, 0.25) is 0 Å². The summed E-state index contributed by atoms with van der Waals surface area (Å²) in [6.07, 6.45) is 0. The van der Waals surface area contributed by atoms with Crippen molar-refractivity contribution < 1.29 is 14.3 Å². The van der Waals surface area contributed by atoms with E-state index >= 15 is 0 Å². The largest absolute Gasteiger partial charge is 0.484 e. The fourth-order valence-corrected chi connectivity index (χ4v) is 3.50. The predicted molar refractivity (Wildman–Crippen MR) is 107 cm³/mol. The van der Waals surface area contributed by atoms with Crippen molar-refractivity contribution in [1.29, 1.82) is 0 Å². The van der Waals surface area contributed by atoms with Gasteiger partial charge in [-0.1, -0.05) is 23.5 Å². The van der Waals surface area contributed by atoms with E-state index in [-0.39, 0.29) is 18.4 Å². The second-order valence-electron chi connectivity index (χ2n) is 5.83. The van der Waals surface area contributed by atoms with Crippen LogP contribution < -0.4 is 10.1 Å². The molecule has 0 aliphatic heterocycles. The van der Waals surface area contributed by atoms with Crippen LogP contribution in [0.4, 0.5) is 5.13 Å². The van der Waals surface area contributed by atoms with Crippen molar-refractivity contribution in [3.8, 4) is 5.75 Å². The highest BCUT2D eigenvalue weighted by Gasteiger charge is 2.13. The smallest absolute Gasteiger partial charge is 0.264 e. The van der Waals surface area contributed by atoms with E-state index in [1.165, 1.54) is 11.3 Å². The Balaban J connectivity index is 1.54. The molecule has 1 heterocycles. The molecule has 0 saturated carbocycles. The summed E-state index contributed by atoms with van der Waals surface area (Å²) in [6.45, 7) is 5.10. The Bertz CT molecular complexity index is 900. The zero-order chi connectivity index (χ0) is 19.2. The lowest BCUT2D eigenvalue weighted by Gasteiger charge is -2.18. The molecule has 7 heteroatoms. The van der Waals surface area contributed by atoms with E-state index in [4.69, 9.17) is 4.74 Å². The van der Waals surface area contributed by atoms with E-state index in [0.717, 1.165) is 10.2 Å². The van der Waals surface area contributed by atoms with Crippen molar-refractivity contribution in [2.45, 2.75) is 13.8 Å². The van der Waals surface area contributed by atoms with Gasteiger partial charge in [-0.2, -0.15) is 0 Å². The number of fused-ring (bicyclic) bond motifs is 1. The molecule has 27 heavy (non-hydrogen) atoms. The number of aromatic nitrogens is 1. The molecule has 0 spiro atoms. The van der Waals surface area contributed by atoms with Gasteiger partial charge in [-0.25, -0.2) is 4.98 Å². The Morgan fingerprint density at radius 3 is 2.44 bits per heavy atom. The predicted octanol–water partition coefficient (Wildman–Crippen LogP) is 3.80. The van der Waals surface area contributed by atoms with Gasteiger partial charge in [0.2, 0.25) is 0 Å². The SMILES string of the molecule is CCN(CC)C(=O)c1ccc(OCC(=O)Nc2nc3ccccc3s2)cc1. The van der Waals surface area contributed by atoms with Gasteiger partial charge >= 0.3 is 0 Å². The molecule has 0 fully saturated rings. The summed E-state index contributed by atoms with van der Waals surface area (Å²) in [5, 5.41) is 3.29. The molecule has 3 rings (SSSR count). The van der Waals surface area contributed by atoms with E-state index in [9.17, 15) is 9.59 Å². The summed E-state index contributed by atoms with van der Waals surface area (Å²) in [6, 6.07) is 14.5. The first-order valence-corrected chi connectivity index (χ1v) is 9.60. The number of anilines is 1. The molecule has 0 bridgehead atoms. The van der Waals surface area contributed by atoms with Crippen LogP contribution in [0.15, 0.2) is 48.5 Å².